The van der Waals surface area contributed by atoms with Crippen molar-refractivity contribution in [2.75, 3.05) is 11.1 Å². The zero-order valence-corrected chi connectivity index (χ0v) is 17.5. The molecule has 11 heteroatoms. The number of benzene rings is 2. The zero-order chi connectivity index (χ0) is 22.0. The maximum Gasteiger partial charge on any atom is 0.283 e. The van der Waals surface area contributed by atoms with Crippen LogP contribution in [0.15, 0.2) is 58.8 Å². The number of nitrogens with one attached hydrogen (secondary N) is 2. The summed E-state index contributed by atoms with van der Waals surface area (Å²) in [5, 5.41) is 16.0. The Hall–Kier alpha value is -3.70. The molecule has 4 N–H and O–H groups in total. The van der Waals surface area contributed by atoms with Crippen LogP contribution in [-0.4, -0.2) is 32.5 Å². The second-order valence-electron chi connectivity index (χ2n) is 6.44. The Morgan fingerprint density at radius 2 is 2.06 bits per heavy atom. The van der Waals surface area contributed by atoms with Crippen LogP contribution in [0, 0.1) is 10.1 Å². The highest BCUT2D eigenvalue weighted by Gasteiger charge is 2.18. The van der Waals surface area contributed by atoms with Crippen LogP contribution in [0.4, 0.5) is 11.4 Å². The SMILES string of the molecule is NC(=O)c1ccc(SCC(=O)Nc2ccc3nc(-c4cccs4)[nH]c3c2)c([N+](=O)[O-])c1. The first-order valence-corrected chi connectivity index (χ1v) is 10.8. The first-order valence-electron chi connectivity index (χ1n) is 8.95. The summed E-state index contributed by atoms with van der Waals surface area (Å²) in [6, 6.07) is 13.2. The lowest BCUT2D eigenvalue weighted by molar-refractivity contribution is -0.387. The van der Waals surface area contributed by atoms with Gasteiger partial charge in [0.05, 0.1) is 31.5 Å². The first kappa shape index (κ1) is 20.6. The van der Waals surface area contributed by atoms with Gasteiger partial charge in [0.2, 0.25) is 11.8 Å². The number of thiophene rings is 1. The lowest BCUT2D eigenvalue weighted by Gasteiger charge is -2.06. The van der Waals surface area contributed by atoms with E-state index in [9.17, 15) is 19.7 Å². The topological polar surface area (TPSA) is 144 Å². The number of primary amides is 1. The standard InChI is InChI=1S/C20H15N5O4S2/c21-19(27)11-3-6-16(15(8-11)25(28)29)31-10-18(26)22-12-4-5-13-14(9-12)24-20(23-13)17-2-1-7-30-17/h1-9H,10H2,(H2,21,27)(H,22,26)(H,23,24). The molecule has 0 aliphatic rings. The van der Waals surface area contributed by atoms with Crippen molar-refractivity contribution >= 4 is 57.3 Å². The van der Waals surface area contributed by atoms with Gasteiger partial charge in [-0.2, -0.15) is 0 Å². The summed E-state index contributed by atoms with van der Waals surface area (Å²) in [6.45, 7) is 0. The van der Waals surface area contributed by atoms with E-state index in [0.717, 1.165) is 39.6 Å². The molecule has 2 amide bonds. The molecule has 2 heterocycles. The predicted molar refractivity (Wildman–Crippen MR) is 120 cm³/mol. The molecule has 2 aromatic carbocycles. The molecule has 31 heavy (non-hydrogen) atoms. The number of anilines is 1. The maximum atomic E-state index is 12.4. The summed E-state index contributed by atoms with van der Waals surface area (Å²) in [6.07, 6.45) is 0. The minimum Gasteiger partial charge on any atom is -0.366 e. The van der Waals surface area contributed by atoms with Gasteiger partial charge >= 0.3 is 0 Å². The van der Waals surface area contributed by atoms with Crippen LogP contribution in [0.25, 0.3) is 21.7 Å². The molecule has 4 rings (SSSR count). The highest BCUT2D eigenvalue weighted by Crippen LogP contribution is 2.30. The third-order valence-corrected chi connectivity index (χ3v) is 6.26. The molecule has 0 saturated heterocycles. The summed E-state index contributed by atoms with van der Waals surface area (Å²) in [4.78, 5) is 43.3. The number of nitro groups is 1. The number of aromatic amines is 1. The fourth-order valence-corrected chi connectivity index (χ4v) is 4.37. The molecular formula is C20H15N5O4S2. The van der Waals surface area contributed by atoms with Crippen molar-refractivity contribution in [1.82, 2.24) is 9.97 Å². The number of aromatic nitrogens is 2. The molecule has 0 aliphatic heterocycles. The summed E-state index contributed by atoms with van der Waals surface area (Å²) in [7, 11) is 0. The number of nitro benzene ring substituents is 1. The normalized spacial score (nSPS) is 10.8. The van der Waals surface area contributed by atoms with Gasteiger partial charge in [0.1, 0.15) is 5.82 Å². The van der Waals surface area contributed by atoms with E-state index in [1.807, 2.05) is 17.5 Å². The fraction of sp³-hybridized carbons (Fsp3) is 0.0500. The van der Waals surface area contributed by atoms with Crippen molar-refractivity contribution < 1.29 is 14.5 Å². The van der Waals surface area contributed by atoms with E-state index in [1.54, 1.807) is 29.5 Å². The van der Waals surface area contributed by atoms with E-state index in [1.165, 1.54) is 12.1 Å². The molecule has 0 bridgehead atoms. The van der Waals surface area contributed by atoms with Gasteiger partial charge in [-0.15, -0.1) is 23.1 Å². The number of nitrogens with two attached hydrogens (primary N) is 1. The summed E-state index contributed by atoms with van der Waals surface area (Å²) in [5.41, 5.74) is 7.08. The molecule has 4 aromatic rings. The molecule has 2 aromatic heterocycles. The molecule has 156 valence electrons. The Morgan fingerprint density at radius 3 is 2.77 bits per heavy atom. The van der Waals surface area contributed by atoms with Crippen LogP contribution in [0.5, 0.6) is 0 Å². The number of nitrogens with zero attached hydrogens (tertiary/aromatic N) is 2. The summed E-state index contributed by atoms with van der Waals surface area (Å²) < 4.78 is 0. The van der Waals surface area contributed by atoms with Crippen LogP contribution in [0.2, 0.25) is 0 Å². The van der Waals surface area contributed by atoms with Crippen molar-refractivity contribution in [3.63, 3.8) is 0 Å². The molecule has 0 saturated carbocycles. The van der Waals surface area contributed by atoms with E-state index in [0.29, 0.717) is 5.69 Å². The number of thioether (sulfide) groups is 1. The lowest BCUT2D eigenvalue weighted by atomic mass is 10.2. The van der Waals surface area contributed by atoms with Crippen molar-refractivity contribution in [3.05, 3.63) is 69.6 Å². The number of rotatable bonds is 7. The van der Waals surface area contributed by atoms with Gasteiger partial charge < -0.3 is 16.0 Å². The van der Waals surface area contributed by atoms with Crippen molar-refractivity contribution in [2.45, 2.75) is 4.90 Å². The highest BCUT2D eigenvalue weighted by molar-refractivity contribution is 8.00. The summed E-state index contributed by atoms with van der Waals surface area (Å²) in [5.74, 6) is -0.363. The van der Waals surface area contributed by atoms with Gasteiger partial charge in [-0.1, -0.05) is 6.07 Å². The van der Waals surface area contributed by atoms with Crippen molar-refractivity contribution in [3.8, 4) is 10.7 Å². The van der Waals surface area contributed by atoms with E-state index in [2.05, 4.69) is 15.3 Å². The van der Waals surface area contributed by atoms with Gasteiger partial charge in [-0.3, -0.25) is 19.7 Å². The third kappa shape index (κ3) is 4.57. The second-order valence-corrected chi connectivity index (χ2v) is 8.40. The minimum atomic E-state index is -0.756. The Bertz CT molecular complexity index is 1300. The largest absolute Gasteiger partial charge is 0.366 e. The van der Waals surface area contributed by atoms with Gasteiger partial charge in [0.15, 0.2) is 0 Å². The molecule has 0 unspecified atom stereocenters. The Balaban J connectivity index is 1.45. The first-order chi connectivity index (χ1) is 14.9. The second kappa shape index (κ2) is 8.58. The quantitative estimate of drug-likeness (QED) is 0.219. The Morgan fingerprint density at radius 1 is 1.23 bits per heavy atom. The van der Waals surface area contributed by atoms with E-state index in [-0.39, 0.29) is 27.8 Å². The number of hydrogen-bond acceptors (Lipinski definition) is 7. The average Bonchev–Trinajstić information content (AvgIpc) is 3.41. The van der Waals surface area contributed by atoms with Crippen LogP contribution in [0.3, 0.4) is 0 Å². The van der Waals surface area contributed by atoms with Crippen LogP contribution < -0.4 is 11.1 Å². The van der Waals surface area contributed by atoms with Gasteiger partial charge in [0, 0.05) is 17.3 Å². The number of H-pyrrole nitrogens is 1. The third-order valence-electron chi connectivity index (χ3n) is 4.32. The highest BCUT2D eigenvalue weighted by atomic mass is 32.2. The van der Waals surface area contributed by atoms with Crippen LogP contribution in [0.1, 0.15) is 10.4 Å². The average molecular weight is 454 g/mol. The molecule has 0 atom stereocenters. The number of fused-ring (bicyclic) bond motifs is 1. The van der Waals surface area contributed by atoms with Crippen molar-refractivity contribution in [2.24, 2.45) is 5.73 Å². The molecule has 0 fully saturated rings. The van der Waals surface area contributed by atoms with E-state index >= 15 is 0 Å². The summed E-state index contributed by atoms with van der Waals surface area (Å²) >= 11 is 2.58. The lowest BCUT2D eigenvalue weighted by Crippen LogP contribution is -2.14. The molecular weight excluding hydrogens is 438 g/mol. The van der Waals surface area contributed by atoms with Crippen LogP contribution >= 0.6 is 23.1 Å². The number of carbonyl (C=O) groups is 2. The molecule has 0 spiro atoms. The monoisotopic (exact) mass is 453 g/mol. The Kier molecular flexibility index (Phi) is 5.69. The Labute approximate surface area is 183 Å². The molecule has 9 nitrogen and oxygen atoms in total. The number of imidazole rings is 1. The number of carbonyl (C=O) groups excluding carboxylic acids is 2. The zero-order valence-electron chi connectivity index (χ0n) is 15.8. The fourth-order valence-electron chi connectivity index (χ4n) is 2.89. The maximum absolute atomic E-state index is 12.4. The van der Waals surface area contributed by atoms with Crippen molar-refractivity contribution in [1.29, 1.82) is 0 Å². The van der Waals surface area contributed by atoms with E-state index < -0.39 is 10.8 Å². The van der Waals surface area contributed by atoms with E-state index in [4.69, 9.17) is 5.73 Å². The minimum absolute atomic E-state index is 0.0373. The predicted octanol–water partition coefficient (Wildman–Crippen LogP) is 4.03. The molecule has 0 aliphatic carbocycles. The molecule has 0 radical (unpaired) electrons. The van der Waals surface area contributed by atoms with Gasteiger partial charge in [-0.25, -0.2) is 4.98 Å². The number of hydrogen-bond donors (Lipinski definition) is 3. The van der Waals surface area contributed by atoms with Gasteiger partial charge in [0.25, 0.3) is 5.69 Å². The van der Waals surface area contributed by atoms with Gasteiger partial charge in [-0.05, 0) is 41.8 Å². The smallest absolute Gasteiger partial charge is 0.283 e. The van der Waals surface area contributed by atoms with Crippen LogP contribution in [-0.2, 0) is 4.79 Å². The number of amides is 2.